The average molecular weight is 274 g/mol. The van der Waals surface area contributed by atoms with E-state index in [1.165, 1.54) is 0 Å². The van der Waals surface area contributed by atoms with Crippen molar-refractivity contribution in [1.82, 2.24) is 9.78 Å². The van der Waals surface area contributed by atoms with E-state index < -0.39 is 11.7 Å². The van der Waals surface area contributed by atoms with Gasteiger partial charge in [0.05, 0.1) is 22.9 Å². The molecule has 1 saturated heterocycles. The highest BCUT2D eigenvalue weighted by Crippen LogP contribution is 2.31. The van der Waals surface area contributed by atoms with Crippen molar-refractivity contribution in [2.75, 3.05) is 6.61 Å². The normalized spacial score (nSPS) is 24.4. The van der Waals surface area contributed by atoms with E-state index in [0.717, 1.165) is 42.6 Å². The van der Waals surface area contributed by atoms with Crippen LogP contribution in [0.4, 0.5) is 0 Å². The highest BCUT2D eigenvalue weighted by Gasteiger charge is 2.38. The largest absolute Gasteiger partial charge is 0.390 e. The first-order valence-corrected chi connectivity index (χ1v) is 7.40. The number of fused-ring (bicyclic) bond motifs is 1. The number of para-hydroxylation sites is 1. The van der Waals surface area contributed by atoms with Crippen LogP contribution in [0.2, 0.25) is 0 Å². The Morgan fingerprint density at radius 2 is 2.25 bits per heavy atom. The van der Waals surface area contributed by atoms with Crippen molar-refractivity contribution >= 4 is 10.9 Å². The Morgan fingerprint density at radius 1 is 1.45 bits per heavy atom. The van der Waals surface area contributed by atoms with E-state index in [1.54, 1.807) is 0 Å². The first-order chi connectivity index (χ1) is 9.64. The van der Waals surface area contributed by atoms with Gasteiger partial charge in [-0.25, -0.2) is 0 Å². The van der Waals surface area contributed by atoms with Gasteiger partial charge in [-0.1, -0.05) is 18.2 Å². The van der Waals surface area contributed by atoms with Crippen LogP contribution in [0.5, 0.6) is 0 Å². The molecule has 1 fully saturated rings. The molecule has 1 aromatic carbocycles. The number of aliphatic hydroxyl groups is 1. The van der Waals surface area contributed by atoms with Crippen LogP contribution in [0.15, 0.2) is 24.3 Å². The van der Waals surface area contributed by atoms with Crippen molar-refractivity contribution in [2.45, 2.75) is 51.4 Å². The molecule has 0 spiro atoms. The fraction of sp³-hybridized carbons (Fsp3) is 0.562. The van der Waals surface area contributed by atoms with Gasteiger partial charge in [0.1, 0.15) is 0 Å². The van der Waals surface area contributed by atoms with Crippen molar-refractivity contribution in [2.24, 2.45) is 0 Å². The molecule has 3 rings (SSSR count). The molecule has 2 unspecified atom stereocenters. The molecule has 1 aromatic heterocycles. The maximum absolute atomic E-state index is 10.5. The summed E-state index contributed by atoms with van der Waals surface area (Å²) >= 11 is 0. The molecule has 4 nitrogen and oxygen atoms in total. The third-order valence-corrected chi connectivity index (χ3v) is 4.37. The average Bonchev–Trinajstić information content (AvgIpc) is 3.05. The molecule has 1 aliphatic rings. The third kappa shape index (κ3) is 2.23. The van der Waals surface area contributed by atoms with Crippen LogP contribution in [-0.2, 0) is 17.7 Å². The van der Waals surface area contributed by atoms with Crippen molar-refractivity contribution < 1.29 is 9.84 Å². The van der Waals surface area contributed by atoms with Gasteiger partial charge in [-0.2, -0.15) is 5.10 Å². The fourth-order valence-corrected chi connectivity index (χ4v) is 3.05. The summed E-state index contributed by atoms with van der Waals surface area (Å²) in [4.78, 5) is 0. The van der Waals surface area contributed by atoms with Gasteiger partial charge in [0.15, 0.2) is 0 Å². The fourth-order valence-electron chi connectivity index (χ4n) is 3.05. The molecule has 0 amide bonds. The van der Waals surface area contributed by atoms with E-state index in [4.69, 9.17) is 4.74 Å². The number of hydrogen-bond donors (Lipinski definition) is 1. The van der Waals surface area contributed by atoms with E-state index in [9.17, 15) is 5.11 Å². The molecule has 2 heterocycles. The zero-order valence-electron chi connectivity index (χ0n) is 12.2. The third-order valence-electron chi connectivity index (χ3n) is 4.37. The van der Waals surface area contributed by atoms with E-state index in [0.29, 0.717) is 6.42 Å². The van der Waals surface area contributed by atoms with Gasteiger partial charge in [-0.15, -0.1) is 0 Å². The van der Waals surface area contributed by atoms with Crippen LogP contribution in [0.25, 0.3) is 10.9 Å². The Kier molecular flexibility index (Phi) is 3.52. The zero-order chi connectivity index (χ0) is 14.2. The predicted octanol–water partition coefficient (Wildman–Crippen LogP) is 2.53. The van der Waals surface area contributed by atoms with E-state index in [-0.39, 0.29) is 0 Å². The summed E-state index contributed by atoms with van der Waals surface area (Å²) in [5.74, 6) is 0. The predicted molar refractivity (Wildman–Crippen MR) is 78.7 cm³/mol. The van der Waals surface area contributed by atoms with Crippen LogP contribution in [-0.4, -0.2) is 33.2 Å². The highest BCUT2D eigenvalue weighted by molar-refractivity contribution is 5.82. The summed E-state index contributed by atoms with van der Waals surface area (Å²) in [5.41, 5.74) is 1.68. The Labute approximate surface area is 119 Å². The van der Waals surface area contributed by atoms with E-state index in [2.05, 4.69) is 24.2 Å². The topological polar surface area (TPSA) is 47.3 Å². The second-order valence-corrected chi connectivity index (χ2v) is 5.76. The molecule has 2 atom stereocenters. The number of ether oxygens (including phenoxy) is 1. The van der Waals surface area contributed by atoms with Crippen molar-refractivity contribution in [3.8, 4) is 0 Å². The molecule has 0 radical (unpaired) electrons. The minimum atomic E-state index is -0.506. The number of rotatable bonds is 4. The van der Waals surface area contributed by atoms with Crippen LogP contribution in [0.1, 0.15) is 32.4 Å². The van der Waals surface area contributed by atoms with Crippen LogP contribution < -0.4 is 0 Å². The highest BCUT2D eigenvalue weighted by atomic mass is 16.5. The number of benzene rings is 1. The van der Waals surface area contributed by atoms with Gasteiger partial charge in [0.2, 0.25) is 0 Å². The first-order valence-electron chi connectivity index (χ1n) is 7.40. The van der Waals surface area contributed by atoms with E-state index >= 15 is 0 Å². The minimum absolute atomic E-state index is 0.420. The number of aliphatic hydroxyl groups excluding tert-OH is 1. The number of aromatic nitrogens is 2. The molecule has 0 saturated carbocycles. The molecule has 108 valence electrons. The standard InChI is InChI=1S/C16H22N2O2/c1-3-18-14-8-5-4-7-12(14)13(17-18)11-15(19)16(2)9-6-10-20-16/h4-5,7-8,15,19H,3,6,9-11H2,1-2H3. The second kappa shape index (κ2) is 5.19. The second-order valence-electron chi connectivity index (χ2n) is 5.76. The van der Waals surface area contributed by atoms with Gasteiger partial charge in [-0.3, -0.25) is 4.68 Å². The maximum Gasteiger partial charge on any atom is 0.0916 e. The SMILES string of the molecule is CCn1nc(CC(O)C2(C)CCCO2)c2ccccc21. The van der Waals surface area contributed by atoms with Crippen molar-refractivity contribution in [3.63, 3.8) is 0 Å². The summed E-state index contributed by atoms with van der Waals surface area (Å²) in [6.45, 7) is 5.67. The Balaban J connectivity index is 1.91. The van der Waals surface area contributed by atoms with Crippen LogP contribution in [0, 0.1) is 0 Å². The summed E-state index contributed by atoms with van der Waals surface area (Å²) in [7, 11) is 0. The lowest BCUT2D eigenvalue weighted by molar-refractivity contribution is -0.0770. The van der Waals surface area contributed by atoms with E-state index in [1.807, 2.05) is 23.7 Å². The molecule has 0 bridgehead atoms. The molecule has 1 aliphatic heterocycles. The van der Waals surface area contributed by atoms with Gasteiger partial charge in [0, 0.05) is 25.0 Å². The Hall–Kier alpha value is -1.39. The van der Waals surface area contributed by atoms with Crippen LogP contribution in [0.3, 0.4) is 0 Å². The Bertz CT molecular complexity index is 600. The number of aryl methyl sites for hydroxylation is 1. The molecule has 4 heteroatoms. The number of hydrogen-bond acceptors (Lipinski definition) is 3. The first kappa shape index (κ1) is 13.6. The summed E-state index contributed by atoms with van der Waals surface area (Å²) in [6, 6.07) is 8.20. The molecular weight excluding hydrogens is 252 g/mol. The van der Waals surface area contributed by atoms with Crippen molar-refractivity contribution in [3.05, 3.63) is 30.0 Å². The number of nitrogens with zero attached hydrogens (tertiary/aromatic N) is 2. The quantitative estimate of drug-likeness (QED) is 0.932. The lowest BCUT2D eigenvalue weighted by Gasteiger charge is -2.28. The van der Waals surface area contributed by atoms with Gasteiger partial charge in [-0.05, 0) is 32.8 Å². The minimum Gasteiger partial charge on any atom is -0.390 e. The molecule has 0 aliphatic carbocycles. The van der Waals surface area contributed by atoms with Crippen molar-refractivity contribution in [1.29, 1.82) is 0 Å². The molecular formula is C16H22N2O2. The Morgan fingerprint density at radius 3 is 2.95 bits per heavy atom. The summed E-state index contributed by atoms with van der Waals surface area (Å²) < 4.78 is 7.73. The molecule has 20 heavy (non-hydrogen) atoms. The molecule has 2 aromatic rings. The van der Waals surface area contributed by atoms with Crippen LogP contribution >= 0.6 is 0 Å². The summed E-state index contributed by atoms with van der Waals surface area (Å²) in [6.07, 6.45) is 1.98. The zero-order valence-corrected chi connectivity index (χ0v) is 12.2. The monoisotopic (exact) mass is 274 g/mol. The maximum atomic E-state index is 10.5. The lowest BCUT2D eigenvalue weighted by Crippen LogP contribution is -2.40. The smallest absolute Gasteiger partial charge is 0.0916 e. The molecule has 1 N–H and O–H groups in total. The van der Waals surface area contributed by atoms with Gasteiger partial charge < -0.3 is 9.84 Å². The van der Waals surface area contributed by atoms with Gasteiger partial charge in [0.25, 0.3) is 0 Å². The lowest BCUT2D eigenvalue weighted by atomic mass is 9.92. The van der Waals surface area contributed by atoms with Gasteiger partial charge >= 0.3 is 0 Å². The summed E-state index contributed by atoms with van der Waals surface area (Å²) in [5, 5.41) is 16.3.